The summed E-state index contributed by atoms with van der Waals surface area (Å²) in [6.07, 6.45) is 1.33. The molecule has 242 valence electrons. The minimum atomic E-state index is -4.30. The fraction of sp³-hybridized carbons (Fsp3) is 0.727. The van der Waals surface area contributed by atoms with Gasteiger partial charge < -0.3 is 28.8 Å². The lowest BCUT2D eigenvalue weighted by Gasteiger charge is -2.25. The van der Waals surface area contributed by atoms with Gasteiger partial charge in [0.15, 0.2) is 0 Å². The number of esters is 2. The van der Waals surface area contributed by atoms with Crippen LogP contribution in [0.3, 0.4) is 0 Å². The van der Waals surface area contributed by atoms with Crippen molar-refractivity contribution in [1.29, 1.82) is 5.26 Å². The SMILES string of the molecule is FB(F)F.[B][C@H]1C[C@@H](OC(=O)CC(=O)OCCn2cc[n+](C)c2)[C@@H](COP(=O)(OCCC#N)O[C@@H]2C[C@H]([B])O[C@@H]2CO)O1.[F-]. The molecule has 7 atom stereocenters. The minimum absolute atomic E-state index is 0. The van der Waals surface area contributed by atoms with E-state index >= 15 is 0 Å². The summed E-state index contributed by atoms with van der Waals surface area (Å²) in [6.45, 7) is -0.626. The van der Waals surface area contributed by atoms with Crippen LogP contribution in [0.25, 0.3) is 0 Å². The van der Waals surface area contributed by atoms with Crippen molar-refractivity contribution in [2.75, 3.05) is 26.4 Å². The molecule has 22 heteroatoms. The number of phosphoric ester groups is 1. The van der Waals surface area contributed by atoms with E-state index in [9.17, 15) is 32.2 Å². The van der Waals surface area contributed by atoms with Crippen molar-refractivity contribution in [2.45, 2.75) is 68.7 Å². The Hall–Kier alpha value is -2.46. The van der Waals surface area contributed by atoms with E-state index in [0.29, 0.717) is 6.54 Å². The maximum absolute atomic E-state index is 13.3. The average Bonchev–Trinajstić information content (AvgIpc) is 3.59. The molecular formula is C22H31B3F4N3O11P. The van der Waals surface area contributed by atoms with Gasteiger partial charge in [0.05, 0.1) is 45.5 Å². The topological polar surface area (TPSA) is 169 Å². The monoisotopic (exact) mass is 653 g/mol. The van der Waals surface area contributed by atoms with Gasteiger partial charge in [-0.25, -0.2) is 13.7 Å². The molecule has 0 amide bonds. The zero-order valence-electron chi connectivity index (χ0n) is 23.6. The molecule has 3 rings (SSSR count). The molecule has 0 spiro atoms. The lowest BCUT2D eigenvalue weighted by molar-refractivity contribution is -0.671. The van der Waals surface area contributed by atoms with Gasteiger partial charge in [-0.05, 0) is 6.42 Å². The number of imidazole rings is 1. The Bertz CT molecular complexity index is 1120. The summed E-state index contributed by atoms with van der Waals surface area (Å²) in [6, 6.07) is 0.289. The second-order valence-corrected chi connectivity index (χ2v) is 10.8. The number of aryl methyl sites for hydroxylation is 1. The van der Waals surface area contributed by atoms with Crippen LogP contribution in [0, 0.1) is 11.3 Å². The Kier molecular flexibility index (Phi) is 17.8. The molecule has 0 aromatic carbocycles. The summed E-state index contributed by atoms with van der Waals surface area (Å²) < 4.78 is 83.5. The Morgan fingerprint density at radius 3 is 2.36 bits per heavy atom. The van der Waals surface area contributed by atoms with Crippen molar-refractivity contribution in [3.8, 4) is 6.07 Å². The van der Waals surface area contributed by atoms with Gasteiger partial charge in [0.1, 0.15) is 66.0 Å². The van der Waals surface area contributed by atoms with Crippen molar-refractivity contribution >= 4 is 43.0 Å². The number of hydrogen-bond acceptors (Lipinski definition) is 12. The first-order chi connectivity index (χ1) is 20.3. The molecule has 1 aromatic rings. The number of aliphatic hydroxyl groups excluding tert-OH is 1. The van der Waals surface area contributed by atoms with Crippen molar-refractivity contribution in [3.63, 3.8) is 0 Å². The highest BCUT2D eigenvalue weighted by molar-refractivity contribution is 7.48. The van der Waals surface area contributed by atoms with Crippen LogP contribution >= 0.6 is 7.82 Å². The third-order valence-electron chi connectivity index (χ3n) is 5.77. The summed E-state index contributed by atoms with van der Waals surface area (Å²) >= 11 is 0. The summed E-state index contributed by atoms with van der Waals surface area (Å²) in [5.74, 6) is -1.61. The summed E-state index contributed by atoms with van der Waals surface area (Å²) in [5, 5.41) is 18.3. The quantitative estimate of drug-likeness (QED) is 0.0389. The van der Waals surface area contributed by atoms with Crippen LogP contribution in [0.15, 0.2) is 18.7 Å². The maximum atomic E-state index is 13.3. The Balaban J connectivity index is 0.00000182. The number of aliphatic hydroxyl groups is 1. The fourth-order valence-electron chi connectivity index (χ4n) is 3.95. The van der Waals surface area contributed by atoms with Gasteiger partial charge in [0, 0.05) is 18.4 Å². The summed E-state index contributed by atoms with van der Waals surface area (Å²) in [4.78, 5) is 24.4. The second-order valence-electron chi connectivity index (χ2n) is 9.20. The van der Waals surface area contributed by atoms with E-state index < -0.39 is 83.4 Å². The molecule has 44 heavy (non-hydrogen) atoms. The maximum Gasteiger partial charge on any atom is 0.762 e. The third-order valence-corrected chi connectivity index (χ3v) is 7.26. The number of phosphoric acid groups is 1. The molecule has 2 aliphatic heterocycles. The molecule has 2 saturated heterocycles. The first-order valence-corrected chi connectivity index (χ1v) is 14.5. The zero-order chi connectivity index (χ0) is 32.0. The van der Waals surface area contributed by atoms with E-state index in [1.807, 2.05) is 41.0 Å². The molecule has 2 fully saturated rings. The van der Waals surface area contributed by atoms with Gasteiger partial charge >= 0.3 is 27.3 Å². The predicted octanol–water partition coefficient (Wildman–Crippen LogP) is -2.96. The molecule has 1 aromatic heterocycles. The number of carbonyl (C=O) groups is 2. The van der Waals surface area contributed by atoms with Gasteiger partial charge in [-0.15, -0.1) is 0 Å². The number of halogens is 4. The normalized spacial score (nSPS) is 25.5. The molecule has 14 nitrogen and oxygen atoms in total. The van der Waals surface area contributed by atoms with Gasteiger partial charge in [0.25, 0.3) is 0 Å². The van der Waals surface area contributed by atoms with E-state index in [2.05, 4.69) is 0 Å². The van der Waals surface area contributed by atoms with Crippen LogP contribution in [0.2, 0.25) is 0 Å². The minimum Gasteiger partial charge on any atom is -1.00 e. The molecule has 0 bridgehead atoms. The molecule has 0 aliphatic carbocycles. The predicted molar refractivity (Wildman–Crippen MR) is 140 cm³/mol. The zero-order valence-corrected chi connectivity index (χ0v) is 24.5. The highest BCUT2D eigenvalue weighted by atomic mass is 31.2. The van der Waals surface area contributed by atoms with E-state index in [4.69, 9.17) is 53.5 Å². The molecular weight excluding hydrogens is 622 g/mol. The number of carbonyl (C=O) groups excluding carboxylic acids is 2. The van der Waals surface area contributed by atoms with Gasteiger partial charge in [-0.2, -0.15) is 5.26 Å². The Labute approximate surface area is 254 Å². The third kappa shape index (κ3) is 14.5. The lowest BCUT2D eigenvalue weighted by atomic mass is 9.96. The smallest absolute Gasteiger partial charge is 0.762 e. The van der Waals surface area contributed by atoms with E-state index in [0.717, 1.165) is 0 Å². The standard InChI is InChI=1S/C22H31B2N3O11P.BF3.FH/c1-26-4-5-27(14-26)6-8-32-21(29)11-22(30)37-15-9-19(23)36-18(15)13-34-39(31,33-7-2-3-25)38-16-10-20(24)35-17(16)12-28;2-1(3)4;/h4-5,14-20,28H,2,6-13H2,1H3;;1H/q+1;;/p-1/t15-,16-,17-,18-,19-,20-,39?;;/m1../s1. The van der Waals surface area contributed by atoms with Crippen molar-refractivity contribution in [2.24, 2.45) is 7.05 Å². The van der Waals surface area contributed by atoms with Gasteiger partial charge in [-0.1, -0.05) is 0 Å². The number of aromatic nitrogens is 2. The number of nitriles is 1. The number of nitrogens with zero attached hydrogens (tertiary/aromatic N) is 3. The number of rotatable bonds is 15. The highest BCUT2D eigenvalue weighted by Gasteiger charge is 2.43. The molecule has 1 N–H and O–H groups in total. The molecule has 3 heterocycles. The Morgan fingerprint density at radius 2 is 1.77 bits per heavy atom. The first-order valence-electron chi connectivity index (χ1n) is 13.0. The number of hydrogen-bond donors (Lipinski definition) is 1. The van der Waals surface area contributed by atoms with E-state index in [-0.39, 0.29) is 37.2 Å². The van der Waals surface area contributed by atoms with Crippen LogP contribution in [-0.2, 0) is 60.3 Å². The van der Waals surface area contributed by atoms with Gasteiger partial charge in [0.2, 0.25) is 6.33 Å². The van der Waals surface area contributed by atoms with Crippen LogP contribution in [0.1, 0.15) is 25.7 Å². The van der Waals surface area contributed by atoms with Crippen LogP contribution < -0.4 is 9.27 Å². The van der Waals surface area contributed by atoms with Crippen molar-refractivity contribution in [3.05, 3.63) is 18.7 Å². The molecule has 0 saturated carbocycles. The first kappa shape index (κ1) is 39.6. The van der Waals surface area contributed by atoms with Crippen LogP contribution in [0.5, 0.6) is 0 Å². The number of ether oxygens (including phenoxy) is 4. The molecule has 2 aliphatic rings. The molecule has 4 radical (unpaired) electrons. The summed E-state index contributed by atoms with van der Waals surface area (Å²) in [7, 11) is 5.46. The summed E-state index contributed by atoms with van der Waals surface area (Å²) in [5.41, 5.74) is 0. The molecule has 1 unspecified atom stereocenters. The van der Waals surface area contributed by atoms with Gasteiger partial charge in [-0.3, -0.25) is 36.1 Å². The lowest BCUT2D eigenvalue weighted by Crippen LogP contribution is -3.00. The average molecular weight is 653 g/mol. The Morgan fingerprint density at radius 1 is 1.14 bits per heavy atom. The van der Waals surface area contributed by atoms with Crippen molar-refractivity contribution < 1.29 is 74.0 Å². The van der Waals surface area contributed by atoms with E-state index in [1.165, 1.54) is 0 Å². The van der Waals surface area contributed by atoms with Crippen molar-refractivity contribution in [1.82, 2.24) is 4.57 Å². The van der Waals surface area contributed by atoms with Crippen LogP contribution in [-0.4, -0.2) is 108 Å². The van der Waals surface area contributed by atoms with E-state index in [1.54, 1.807) is 0 Å². The highest BCUT2D eigenvalue weighted by Crippen LogP contribution is 2.53. The van der Waals surface area contributed by atoms with Crippen LogP contribution in [0.4, 0.5) is 12.9 Å². The second kappa shape index (κ2) is 19.8. The fourth-order valence-corrected chi connectivity index (χ4v) is 5.34. The largest absolute Gasteiger partial charge is 1.00 e.